The van der Waals surface area contributed by atoms with Gasteiger partial charge in [-0.05, 0) is 36.4 Å². The maximum Gasteiger partial charge on any atom is 0.338 e. The maximum absolute atomic E-state index is 13.2. The summed E-state index contributed by atoms with van der Waals surface area (Å²) in [6, 6.07) is 8.09. The number of carbonyl (C=O) groups is 3. The number of nitrogens with zero attached hydrogens (tertiary/aromatic N) is 1. The Morgan fingerprint density at radius 3 is 2.31 bits per heavy atom. The van der Waals surface area contributed by atoms with E-state index in [9.17, 15) is 28.9 Å². The number of hydrogen-bond acceptors (Lipinski definition) is 6. The lowest BCUT2D eigenvalue weighted by Crippen LogP contribution is -2.21. The first kappa shape index (κ1) is 18.5. The van der Waals surface area contributed by atoms with Crippen LogP contribution in [0.15, 0.2) is 42.5 Å². The summed E-state index contributed by atoms with van der Waals surface area (Å²) in [6.45, 7) is -0.665. The number of esters is 1. The van der Waals surface area contributed by atoms with Gasteiger partial charge in [0.2, 0.25) is 11.7 Å². The van der Waals surface area contributed by atoms with Crippen LogP contribution >= 0.6 is 0 Å². The number of nitrogens with two attached hydrogens (primary N) is 1. The highest BCUT2D eigenvalue weighted by molar-refractivity contribution is 5.97. The van der Waals surface area contributed by atoms with E-state index in [1.807, 2.05) is 0 Å². The summed E-state index contributed by atoms with van der Waals surface area (Å²) in [4.78, 5) is 44.2. The van der Waals surface area contributed by atoms with Gasteiger partial charge in [-0.25, -0.2) is 4.79 Å². The zero-order chi connectivity index (χ0) is 19.3. The topological polar surface area (TPSA) is 142 Å². The van der Waals surface area contributed by atoms with Crippen LogP contribution in [-0.2, 0) is 9.53 Å². The molecule has 2 aromatic rings. The second-order valence-electron chi connectivity index (χ2n) is 4.99. The Bertz CT molecular complexity index is 882. The number of ether oxygens (including phenoxy) is 1. The number of hydrogen-bond donors (Lipinski definition) is 2. The number of nitro benzene ring substituents is 1. The Hall–Kier alpha value is -3.82. The van der Waals surface area contributed by atoms with Crippen LogP contribution in [0.4, 0.5) is 15.8 Å². The third-order valence-electron chi connectivity index (χ3n) is 3.17. The molecule has 2 aromatic carbocycles. The number of carbonyl (C=O) groups excluding carboxylic acids is 3. The lowest BCUT2D eigenvalue weighted by atomic mass is 10.1. The van der Waals surface area contributed by atoms with Crippen LogP contribution < -0.4 is 11.1 Å². The average Bonchev–Trinajstić information content (AvgIpc) is 2.61. The third kappa shape index (κ3) is 4.60. The first-order valence-electron chi connectivity index (χ1n) is 7.08. The zero-order valence-corrected chi connectivity index (χ0v) is 13.1. The van der Waals surface area contributed by atoms with Gasteiger partial charge in [-0.15, -0.1) is 0 Å². The molecule has 0 saturated carbocycles. The van der Waals surface area contributed by atoms with E-state index in [0.29, 0.717) is 0 Å². The van der Waals surface area contributed by atoms with Crippen molar-refractivity contribution in [1.29, 1.82) is 0 Å². The van der Waals surface area contributed by atoms with E-state index in [-0.39, 0.29) is 16.8 Å². The van der Waals surface area contributed by atoms with E-state index in [4.69, 9.17) is 10.5 Å². The van der Waals surface area contributed by atoms with Gasteiger partial charge < -0.3 is 15.8 Å². The fourth-order valence-electron chi connectivity index (χ4n) is 1.91. The minimum atomic E-state index is -1.04. The molecular weight excluding hydrogens is 349 g/mol. The lowest BCUT2D eigenvalue weighted by molar-refractivity contribution is -0.387. The summed E-state index contributed by atoms with van der Waals surface area (Å²) in [7, 11) is 0. The molecule has 0 bridgehead atoms. The van der Waals surface area contributed by atoms with Crippen molar-refractivity contribution < 1.29 is 28.4 Å². The summed E-state index contributed by atoms with van der Waals surface area (Å²) >= 11 is 0. The number of nitrogens with one attached hydrogen (secondary N) is 1. The average molecular weight is 361 g/mol. The van der Waals surface area contributed by atoms with Crippen molar-refractivity contribution in [3.05, 3.63) is 69.5 Å². The van der Waals surface area contributed by atoms with Gasteiger partial charge in [0.25, 0.3) is 5.91 Å². The summed E-state index contributed by atoms with van der Waals surface area (Å²) in [6.07, 6.45) is 0. The summed E-state index contributed by atoms with van der Waals surface area (Å²) < 4.78 is 18.0. The molecule has 3 N–H and O–H groups in total. The molecule has 0 radical (unpaired) electrons. The highest BCUT2D eigenvalue weighted by atomic mass is 19.1. The van der Waals surface area contributed by atoms with Crippen molar-refractivity contribution >= 4 is 29.2 Å². The number of benzene rings is 2. The Labute approximate surface area is 145 Å². The van der Waals surface area contributed by atoms with Crippen LogP contribution in [0.5, 0.6) is 0 Å². The molecule has 2 amide bonds. The van der Waals surface area contributed by atoms with Crippen LogP contribution in [0.3, 0.4) is 0 Å². The van der Waals surface area contributed by atoms with Crippen molar-refractivity contribution in [1.82, 2.24) is 0 Å². The minimum Gasteiger partial charge on any atom is -0.452 e. The number of primary amides is 1. The molecule has 0 spiro atoms. The minimum absolute atomic E-state index is 0.0232. The van der Waals surface area contributed by atoms with E-state index in [0.717, 1.165) is 18.2 Å². The first-order chi connectivity index (χ1) is 12.3. The smallest absolute Gasteiger partial charge is 0.338 e. The maximum atomic E-state index is 13.2. The van der Waals surface area contributed by atoms with Gasteiger partial charge in [-0.3, -0.25) is 19.7 Å². The quantitative estimate of drug-likeness (QED) is 0.455. The molecule has 0 saturated heterocycles. The van der Waals surface area contributed by atoms with Crippen LogP contribution in [-0.4, -0.2) is 29.3 Å². The number of halogens is 1. The van der Waals surface area contributed by atoms with E-state index in [1.165, 1.54) is 24.3 Å². The number of nitro groups is 1. The van der Waals surface area contributed by atoms with Gasteiger partial charge >= 0.3 is 11.7 Å². The van der Waals surface area contributed by atoms with Gasteiger partial charge in [0, 0.05) is 17.3 Å². The Balaban J connectivity index is 1.94. The molecule has 0 aliphatic rings. The summed E-state index contributed by atoms with van der Waals surface area (Å²) in [5.74, 6) is -3.29. The molecular formula is C16H12FN3O6. The predicted molar refractivity (Wildman–Crippen MR) is 86.9 cm³/mol. The van der Waals surface area contributed by atoms with Gasteiger partial charge in [0.1, 0.15) is 0 Å². The van der Waals surface area contributed by atoms with Crippen molar-refractivity contribution in [2.75, 3.05) is 11.9 Å². The van der Waals surface area contributed by atoms with Crippen LogP contribution in [0, 0.1) is 15.9 Å². The molecule has 0 fully saturated rings. The molecule has 9 nitrogen and oxygen atoms in total. The molecule has 26 heavy (non-hydrogen) atoms. The molecule has 0 unspecified atom stereocenters. The SMILES string of the molecule is NC(=O)c1ccc(C(=O)OCC(=O)Nc2ccc(F)c([N+](=O)[O-])c2)cc1. The molecule has 2 rings (SSSR count). The van der Waals surface area contributed by atoms with Crippen LogP contribution in [0.25, 0.3) is 0 Å². The number of amides is 2. The highest BCUT2D eigenvalue weighted by Crippen LogP contribution is 2.21. The van der Waals surface area contributed by atoms with Crippen molar-refractivity contribution in [2.24, 2.45) is 5.73 Å². The van der Waals surface area contributed by atoms with Crippen molar-refractivity contribution in [3.8, 4) is 0 Å². The van der Waals surface area contributed by atoms with Crippen molar-refractivity contribution in [3.63, 3.8) is 0 Å². The normalized spacial score (nSPS) is 10.0. The van der Waals surface area contributed by atoms with E-state index < -0.39 is 40.8 Å². The molecule has 134 valence electrons. The van der Waals surface area contributed by atoms with E-state index in [2.05, 4.69) is 5.32 Å². The van der Waals surface area contributed by atoms with Gasteiger partial charge in [0.15, 0.2) is 6.61 Å². The van der Waals surface area contributed by atoms with Crippen LogP contribution in [0.1, 0.15) is 20.7 Å². The van der Waals surface area contributed by atoms with Gasteiger partial charge in [-0.1, -0.05) is 0 Å². The van der Waals surface area contributed by atoms with Crippen molar-refractivity contribution in [2.45, 2.75) is 0 Å². The Morgan fingerprint density at radius 1 is 1.12 bits per heavy atom. The van der Waals surface area contributed by atoms with Gasteiger partial charge in [-0.2, -0.15) is 4.39 Å². The van der Waals surface area contributed by atoms with E-state index >= 15 is 0 Å². The Kier molecular flexibility index (Phi) is 5.58. The molecule has 0 aliphatic carbocycles. The highest BCUT2D eigenvalue weighted by Gasteiger charge is 2.16. The zero-order valence-electron chi connectivity index (χ0n) is 13.1. The fourth-order valence-corrected chi connectivity index (χ4v) is 1.91. The van der Waals surface area contributed by atoms with Crippen LogP contribution in [0.2, 0.25) is 0 Å². The standard InChI is InChI=1S/C16H12FN3O6/c17-12-6-5-11(7-13(12)20(24)25)19-14(21)8-26-16(23)10-3-1-9(2-4-10)15(18)22/h1-7H,8H2,(H2,18,22)(H,19,21). The molecule has 0 aromatic heterocycles. The predicted octanol–water partition coefficient (Wildman–Crippen LogP) is 1.63. The second-order valence-corrected chi connectivity index (χ2v) is 4.99. The fraction of sp³-hybridized carbons (Fsp3) is 0.0625. The molecule has 0 aliphatic heterocycles. The summed E-state index contributed by atoms with van der Waals surface area (Å²) in [5, 5.41) is 12.9. The lowest BCUT2D eigenvalue weighted by Gasteiger charge is -2.07. The number of anilines is 1. The molecule has 10 heteroatoms. The number of rotatable bonds is 6. The third-order valence-corrected chi connectivity index (χ3v) is 3.17. The Morgan fingerprint density at radius 2 is 1.73 bits per heavy atom. The second kappa shape index (κ2) is 7.83. The summed E-state index contributed by atoms with van der Waals surface area (Å²) in [5.41, 5.74) is 4.56. The first-order valence-corrected chi connectivity index (χ1v) is 7.08. The molecule has 0 atom stereocenters. The molecule has 0 heterocycles. The van der Waals surface area contributed by atoms with Gasteiger partial charge in [0.05, 0.1) is 10.5 Å². The monoisotopic (exact) mass is 361 g/mol. The largest absolute Gasteiger partial charge is 0.452 e. The van der Waals surface area contributed by atoms with E-state index in [1.54, 1.807) is 0 Å².